The van der Waals surface area contributed by atoms with Gasteiger partial charge in [0.2, 0.25) is 5.95 Å². The van der Waals surface area contributed by atoms with Crippen molar-refractivity contribution in [3.63, 3.8) is 0 Å². The Hall–Kier alpha value is -3.37. The van der Waals surface area contributed by atoms with Crippen molar-refractivity contribution in [1.82, 2.24) is 34.1 Å². The molecule has 3 saturated heterocycles. The fourth-order valence-electron chi connectivity index (χ4n) is 5.43. The van der Waals surface area contributed by atoms with Crippen molar-refractivity contribution < 1.29 is 56.7 Å². The van der Waals surface area contributed by atoms with Gasteiger partial charge in [-0.3, -0.25) is 32.4 Å². The highest BCUT2D eigenvalue weighted by Gasteiger charge is 2.53. The van der Waals surface area contributed by atoms with Crippen LogP contribution in [0.1, 0.15) is 12.5 Å². The minimum atomic E-state index is -5.09. The summed E-state index contributed by atoms with van der Waals surface area (Å²) in [5.41, 5.74) is 11.2. The number of phosphoric acid groups is 2. The molecule has 3 aliphatic heterocycles. The van der Waals surface area contributed by atoms with Crippen LogP contribution in [-0.2, 0) is 36.7 Å². The maximum absolute atomic E-state index is 13.2. The first-order valence-corrected chi connectivity index (χ1v) is 16.1. The van der Waals surface area contributed by atoms with Gasteiger partial charge >= 0.3 is 15.6 Å². The molecule has 24 heteroatoms. The largest absolute Gasteiger partial charge is 0.472 e. The van der Waals surface area contributed by atoms with E-state index in [2.05, 4.69) is 24.9 Å². The van der Waals surface area contributed by atoms with Gasteiger partial charge in [0.1, 0.15) is 48.5 Å². The number of nitrogens with two attached hydrogens (primary N) is 2. The summed E-state index contributed by atoms with van der Waals surface area (Å²) in [5.74, 6) is -0.206. The first-order chi connectivity index (χ1) is 21.3. The standard InChI is InChI=1S/C21H25N9O13P2/c22-15-10-17(25-5-24-15)30(6-26-10)19-12(32)13-9(41-19)4-39-45(36,37)43-14-11(31)8(3-38-44(34,35)42-13)40-20(14)29-2-1-7-16(29)27-21(23)28-18(7)33/h1-2,5-6,8-9,11-14,19-20,31-32H,3-4H2,(H,34,35)(H,36,37)(H2,22,24,25)(H3,23,27,28,33)/t8-,9-,11?,12?,13?,14?,19-,20-/m1/s1. The van der Waals surface area contributed by atoms with Crippen LogP contribution in [0.15, 0.2) is 29.7 Å². The first kappa shape index (κ1) is 30.3. The van der Waals surface area contributed by atoms with Crippen LogP contribution in [0.3, 0.4) is 0 Å². The number of hydrogen-bond acceptors (Lipinski definition) is 17. The summed E-state index contributed by atoms with van der Waals surface area (Å²) >= 11 is 0. The van der Waals surface area contributed by atoms with Gasteiger partial charge in [-0.2, -0.15) is 4.98 Å². The molecule has 0 spiro atoms. The topological polar surface area (TPSA) is 317 Å². The fraction of sp³-hybridized carbons (Fsp3) is 0.476. The molecule has 10 atom stereocenters. The summed E-state index contributed by atoms with van der Waals surface area (Å²) in [4.78, 5) is 52.1. The number of imidazole rings is 1. The van der Waals surface area contributed by atoms with Crippen molar-refractivity contribution in [3.8, 4) is 0 Å². The third kappa shape index (κ3) is 5.33. The van der Waals surface area contributed by atoms with Gasteiger partial charge in [0.05, 0.1) is 24.9 Å². The van der Waals surface area contributed by atoms with E-state index in [1.165, 1.54) is 27.7 Å². The van der Waals surface area contributed by atoms with Crippen LogP contribution in [-0.4, -0.2) is 104 Å². The number of rotatable bonds is 2. The zero-order chi connectivity index (χ0) is 31.8. The number of aliphatic hydroxyl groups excluding tert-OH is 2. The Bertz CT molecular complexity index is 1930. The molecule has 45 heavy (non-hydrogen) atoms. The second kappa shape index (κ2) is 10.9. The Morgan fingerprint density at radius 2 is 1.58 bits per heavy atom. The molecule has 7 rings (SSSR count). The number of aliphatic hydroxyl groups is 2. The van der Waals surface area contributed by atoms with Crippen LogP contribution in [0, 0.1) is 0 Å². The maximum Gasteiger partial charge on any atom is 0.472 e. The highest BCUT2D eigenvalue weighted by atomic mass is 31.2. The van der Waals surface area contributed by atoms with Crippen molar-refractivity contribution in [1.29, 1.82) is 0 Å². The molecule has 9 N–H and O–H groups in total. The van der Waals surface area contributed by atoms with Gasteiger partial charge in [-0.25, -0.2) is 24.1 Å². The summed E-state index contributed by atoms with van der Waals surface area (Å²) < 4.78 is 61.3. The van der Waals surface area contributed by atoms with E-state index in [-0.39, 0.29) is 34.0 Å². The first-order valence-electron chi connectivity index (χ1n) is 13.1. The van der Waals surface area contributed by atoms with Crippen LogP contribution in [0.4, 0.5) is 11.8 Å². The Morgan fingerprint density at radius 3 is 2.33 bits per heavy atom. The van der Waals surface area contributed by atoms with Crippen molar-refractivity contribution in [3.05, 3.63) is 35.3 Å². The molecule has 4 aromatic rings. The summed E-state index contributed by atoms with van der Waals surface area (Å²) in [5, 5.41) is 22.2. The average molecular weight is 673 g/mol. The Balaban J connectivity index is 1.21. The minimum absolute atomic E-state index is 0.0177. The van der Waals surface area contributed by atoms with Crippen molar-refractivity contribution in [2.24, 2.45) is 0 Å². The van der Waals surface area contributed by atoms with E-state index in [0.29, 0.717) is 0 Å². The van der Waals surface area contributed by atoms with Gasteiger partial charge in [-0.05, 0) is 6.07 Å². The number of H-pyrrole nitrogens is 1. The van der Waals surface area contributed by atoms with E-state index in [4.69, 9.17) is 39.0 Å². The van der Waals surface area contributed by atoms with Crippen LogP contribution in [0.5, 0.6) is 0 Å². The molecule has 3 aliphatic rings. The number of phosphoric ester groups is 2. The van der Waals surface area contributed by atoms with Crippen molar-refractivity contribution in [2.45, 2.75) is 49.1 Å². The highest BCUT2D eigenvalue weighted by molar-refractivity contribution is 7.47. The second-order valence-corrected chi connectivity index (χ2v) is 13.1. The number of nitrogens with one attached hydrogen (secondary N) is 1. The van der Waals surface area contributed by atoms with Gasteiger partial charge in [-0.1, -0.05) is 0 Å². The predicted octanol–water partition coefficient (Wildman–Crippen LogP) is -1.74. The number of nitrogen functional groups attached to an aromatic ring is 2. The summed E-state index contributed by atoms with van der Waals surface area (Å²) in [6.07, 6.45) is -8.76. The normalized spacial score (nSPS) is 37.7. The van der Waals surface area contributed by atoms with Gasteiger partial charge in [0.25, 0.3) is 5.56 Å². The smallest absolute Gasteiger partial charge is 0.387 e. The molecule has 0 radical (unpaired) electrons. The lowest BCUT2D eigenvalue weighted by atomic mass is 10.1. The van der Waals surface area contributed by atoms with E-state index in [0.717, 1.165) is 6.33 Å². The van der Waals surface area contributed by atoms with E-state index in [1.54, 1.807) is 0 Å². The minimum Gasteiger partial charge on any atom is -0.387 e. The molecule has 3 fully saturated rings. The molecule has 0 amide bonds. The Labute approximate surface area is 249 Å². The summed E-state index contributed by atoms with van der Waals surface area (Å²) in [6.45, 7) is -1.62. The zero-order valence-corrected chi connectivity index (χ0v) is 24.3. The van der Waals surface area contributed by atoms with Gasteiger partial charge in [-0.15, -0.1) is 0 Å². The SMILES string of the molecule is Nc1nc2c(ccn2[C@@H]2O[C@@H]3COP(=O)(O)OC4C(O)[C@H](n5cnc6c(N)ncnc65)O[C@@H]4COP(=O)(O)OC2C3O)c(=O)[nH]1. The summed E-state index contributed by atoms with van der Waals surface area (Å²) in [6, 6.07) is 1.36. The fourth-order valence-corrected chi connectivity index (χ4v) is 7.33. The molecule has 2 bridgehead atoms. The third-order valence-corrected chi connectivity index (χ3v) is 9.44. The lowest BCUT2D eigenvalue weighted by Crippen LogP contribution is -2.36. The molecule has 7 heterocycles. The predicted molar refractivity (Wildman–Crippen MR) is 146 cm³/mol. The van der Waals surface area contributed by atoms with Gasteiger partial charge in [0, 0.05) is 6.20 Å². The maximum atomic E-state index is 13.2. The van der Waals surface area contributed by atoms with E-state index in [9.17, 15) is 33.9 Å². The number of aromatic nitrogens is 7. The number of hydrogen-bond donors (Lipinski definition) is 7. The lowest BCUT2D eigenvalue weighted by molar-refractivity contribution is -0.0670. The van der Waals surface area contributed by atoms with Crippen LogP contribution in [0.2, 0.25) is 0 Å². The molecule has 0 saturated carbocycles. The molecular formula is C21H25N9O13P2. The van der Waals surface area contributed by atoms with Crippen LogP contribution < -0.4 is 17.0 Å². The van der Waals surface area contributed by atoms with Gasteiger partial charge < -0.3 is 45.5 Å². The zero-order valence-electron chi connectivity index (χ0n) is 22.5. The Morgan fingerprint density at radius 1 is 0.889 bits per heavy atom. The molecule has 0 aliphatic carbocycles. The van der Waals surface area contributed by atoms with Crippen LogP contribution >= 0.6 is 15.6 Å². The molecule has 4 aromatic heterocycles. The van der Waals surface area contributed by atoms with Crippen LogP contribution in [0.25, 0.3) is 22.2 Å². The molecular weight excluding hydrogens is 648 g/mol. The summed E-state index contributed by atoms with van der Waals surface area (Å²) in [7, 11) is -10.1. The monoisotopic (exact) mass is 673 g/mol. The number of ether oxygens (including phenoxy) is 2. The number of aromatic amines is 1. The average Bonchev–Trinajstić information content (AvgIpc) is 3.72. The van der Waals surface area contributed by atoms with Gasteiger partial charge in [0.15, 0.2) is 29.6 Å². The Kier molecular flexibility index (Phi) is 7.32. The third-order valence-electron chi connectivity index (χ3n) is 7.47. The van der Waals surface area contributed by atoms with E-state index >= 15 is 0 Å². The number of fused-ring (bicyclic) bond motifs is 5. The number of nitrogens with zero attached hydrogens (tertiary/aromatic N) is 6. The number of anilines is 2. The van der Waals surface area contributed by atoms with E-state index < -0.39 is 83.5 Å². The molecule has 22 nitrogen and oxygen atoms in total. The molecule has 0 aromatic carbocycles. The van der Waals surface area contributed by atoms with Crippen molar-refractivity contribution in [2.75, 3.05) is 24.7 Å². The molecule has 242 valence electrons. The molecule has 6 unspecified atom stereocenters. The van der Waals surface area contributed by atoms with Crippen molar-refractivity contribution >= 4 is 49.6 Å². The second-order valence-electron chi connectivity index (χ2n) is 10.3. The lowest BCUT2D eigenvalue weighted by Gasteiger charge is -2.26. The highest BCUT2D eigenvalue weighted by Crippen LogP contribution is 2.53. The van der Waals surface area contributed by atoms with E-state index in [1.807, 2.05) is 0 Å². The quantitative estimate of drug-likeness (QED) is 0.116.